The number of hydrogen-bond acceptors (Lipinski definition) is 3. The van der Waals surface area contributed by atoms with Crippen LogP contribution in [0.25, 0.3) is 0 Å². The number of benzene rings is 1. The van der Waals surface area contributed by atoms with Gasteiger partial charge in [0.25, 0.3) is 0 Å². The number of furan rings is 1. The molecule has 0 fully saturated rings. The fraction of sp³-hybridized carbons (Fsp3) is 0.250. The van der Waals surface area contributed by atoms with E-state index in [0.717, 1.165) is 6.42 Å². The van der Waals surface area contributed by atoms with Gasteiger partial charge in [0, 0.05) is 5.56 Å². The van der Waals surface area contributed by atoms with Crippen molar-refractivity contribution >= 4 is 11.6 Å². The topological polar surface area (TPSA) is 47.3 Å². The van der Waals surface area contributed by atoms with Gasteiger partial charge in [0.05, 0.1) is 18.2 Å². The minimum atomic E-state index is -0.198. The van der Waals surface area contributed by atoms with Gasteiger partial charge in [0.2, 0.25) is 0 Å². The molecule has 2 rings (SSSR count). The maximum Gasteiger partial charge on any atom is 0.174 e. The van der Waals surface area contributed by atoms with Crippen LogP contribution in [0.4, 0.5) is 0 Å². The van der Waals surface area contributed by atoms with Crippen molar-refractivity contribution in [2.45, 2.75) is 26.7 Å². The molecule has 0 spiro atoms. The first-order chi connectivity index (χ1) is 9.11. The molecule has 19 heavy (non-hydrogen) atoms. The number of carbonyl (C=O) groups excluding carboxylic acids is 2. The summed E-state index contributed by atoms with van der Waals surface area (Å²) < 4.78 is 5.07. The summed E-state index contributed by atoms with van der Waals surface area (Å²) in [7, 11) is 0. The van der Waals surface area contributed by atoms with Crippen LogP contribution in [-0.4, -0.2) is 11.6 Å². The second-order valence-corrected chi connectivity index (χ2v) is 4.46. The van der Waals surface area contributed by atoms with Crippen molar-refractivity contribution in [3.8, 4) is 0 Å². The largest absolute Gasteiger partial charge is 0.469 e. The smallest absolute Gasteiger partial charge is 0.174 e. The van der Waals surface area contributed by atoms with Crippen LogP contribution in [0.3, 0.4) is 0 Å². The summed E-state index contributed by atoms with van der Waals surface area (Å²) in [6.07, 6.45) is 2.27. The molecule has 1 heterocycles. The summed E-state index contributed by atoms with van der Waals surface area (Å²) in [5.74, 6) is 0.197. The van der Waals surface area contributed by atoms with Gasteiger partial charge in [0.15, 0.2) is 11.6 Å². The highest BCUT2D eigenvalue weighted by Crippen LogP contribution is 2.14. The minimum absolute atomic E-state index is 0.119. The monoisotopic (exact) mass is 256 g/mol. The van der Waals surface area contributed by atoms with Crippen molar-refractivity contribution in [2.24, 2.45) is 0 Å². The average Bonchev–Trinajstić information content (AvgIpc) is 2.85. The zero-order chi connectivity index (χ0) is 13.8. The molecule has 0 atom stereocenters. The van der Waals surface area contributed by atoms with Gasteiger partial charge < -0.3 is 4.42 Å². The average molecular weight is 256 g/mol. The van der Waals surface area contributed by atoms with Crippen LogP contribution in [0.5, 0.6) is 0 Å². The molecule has 0 aliphatic rings. The van der Waals surface area contributed by atoms with Crippen molar-refractivity contribution < 1.29 is 14.0 Å². The van der Waals surface area contributed by atoms with Crippen LogP contribution in [0.2, 0.25) is 0 Å². The Kier molecular flexibility index (Phi) is 3.95. The number of ketones is 2. The number of hydrogen-bond donors (Lipinski definition) is 0. The highest BCUT2D eigenvalue weighted by atomic mass is 16.3. The minimum Gasteiger partial charge on any atom is -0.469 e. The Labute approximate surface area is 112 Å². The molecule has 3 heteroatoms. The molecular formula is C16H16O3. The van der Waals surface area contributed by atoms with Crippen molar-refractivity contribution in [3.63, 3.8) is 0 Å². The lowest BCUT2D eigenvalue weighted by Crippen LogP contribution is -2.08. The molecule has 0 aliphatic carbocycles. The SMILES string of the molecule is CCc1ccc(C(=O)CC(=O)c2ccoc2C)cc1. The van der Waals surface area contributed by atoms with E-state index in [0.29, 0.717) is 16.9 Å². The van der Waals surface area contributed by atoms with E-state index >= 15 is 0 Å². The summed E-state index contributed by atoms with van der Waals surface area (Å²) in [5.41, 5.74) is 2.23. The van der Waals surface area contributed by atoms with Gasteiger partial charge in [0.1, 0.15) is 5.76 Å². The van der Waals surface area contributed by atoms with Crippen LogP contribution < -0.4 is 0 Å². The molecule has 98 valence electrons. The van der Waals surface area contributed by atoms with Crippen LogP contribution in [-0.2, 0) is 6.42 Å². The highest BCUT2D eigenvalue weighted by molar-refractivity contribution is 6.13. The molecule has 3 nitrogen and oxygen atoms in total. The first-order valence-corrected chi connectivity index (χ1v) is 6.31. The fourth-order valence-corrected chi connectivity index (χ4v) is 1.94. The Bertz CT molecular complexity index is 591. The van der Waals surface area contributed by atoms with E-state index < -0.39 is 0 Å². The summed E-state index contributed by atoms with van der Waals surface area (Å²) in [6, 6.07) is 8.99. The molecule has 0 aliphatic heterocycles. The van der Waals surface area contributed by atoms with E-state index in [1.165, 1.54) is 11.8 Å². The van der Waals surface area contributed by atoms with Gasteiger partial charge in [-0.1, -0.05) is 31.2 Å². The zero-order valence-corrected chi connectivity index (χ0v) is 11.1. The summed E-state index contributed by atoms with van der Waals surface area (Å²) in [6.45, 7) is 3.77. The molecule has 0 bridgehead atoms. The van der Waals surface area contributed by atoms with Crippen LogP contribution in [0.1, 0.15) is 45.4 Å². The predicted octanol–water partition coefficient (Wildman–Crippen LogP) is 3.61. The maximum atomic E-state index is 12.0. The molecule has 0 amide bonds. The van der Waals surface area contributed by atoms with Crippen molar-refractivity contribution in [3.05, 3.63) is 59.0 Å². The lowest BCUT2D eigenvalue weighted by Gasteiger charge is -2.02. The molecule has 0 unspecified atom stereocenters. The predicted molar refractivity (Wildman–Crippen MR) is 72.5 cm³/mol. The maximum absolute atomic E-state index is 12.0. The van der Waals surface area contributed by atoms with Crippen LogP contribution in [0.15, 0.2) is 41.0 Å². The molecule has 0 saturated heterocycles. The number of aryl methyl sites for hydroxylation is 2. The Morgan fingerprint density at radius 3 is 2.26 bits per heavy atom. The molecule has 1 aromatic carbocycles. The lowest BCUT2D eigenvalue weighted by molar-refractivity contribution is 0.0893. The Morgan fingerprint density at radius 1 is 1.05 bits per heavy atom. The molecular weight excluding hydrogens is 240 g/mol. The van der Waals surface area contributed by atoms with E-state index in [1.54, 1.807) is 25.1 Å². The molecule has 2 aromatic rings. The van der Waals surface area contributed by atoms with Crippen LogP contribution in [0, 0.1) is 6.92 Å². The van der Waals surface area contributed by atoms with E-state index in [1.807, 2.05) is 12.1 Å². The quantitative estimate of drug-likeness (QED) is 0.606. The summed E-state index contributed by atoms with van der Waals surface area (Å²) >= 11 is 0. The van der Waals surface area contributed by atoms with E-state index in [4.69, 9.17) is 4.42 Å². The van der Waals surface area contributed by atoms with E-state index in [-0.39, 0.29) is 18.0 Å². The standard InChI is InChI=1S/C16H16O3/c1-3-12-4-6-13(7-5-12)15(17)10-16(18)14-8-9-19-11(14)2/h4-9H,3,10H2,1-2H3. The summed E-state index contributed by atoms with van der Waals surface area (Å²) in [4.78, 5) is 24.0. The second kappa shape index (κ2) is 5.65. The normalized spacial score (nSPS) is 10.4. The van der Waals surface area contributed by atoms with E-state index in [9.17, 15) is 9.59 Å². The molecule has 1 aromatic heterocycles. The molecule has 0 saturated carbocycles. The zero-order valence-electron chi connectivity index (χ0n) is 11.1. The number of Topliss-reactive ketones (excluding diaryl/α,β-unsaturated/α-hetero) is 2. The Morgan fingerprint density at radius 2 is 1.74 bits per heavy atom. The first-order valence-electron chi connectivity index (χ1n) is 6.31. The van der Waals surface area contributed by atoms with Crippen molar-refractivity contribution in [1.29, 1.82) is 0 Å². The Balaban J connectivity index is 2.08. The lowest BCUT2D eigenvalue weighted by atomic mass is 10.0. The van der Waals surface area contributed by atoms with Crippen LogP contribution >= 0.6 is 0 Å². The van der Waals surface area contributed by atoms with Gasteiger partial charge in [-0.2, -0.15) is 0 Å². The van der Waals surface area contributed by atoms with Gasteiger partial charge in [-0.25, -0.2) is 0 Å². The van der Waals surface area contributed by atoms with Crippen molar-refractivity contribution in [2.75, 3.05) is 0 Å². The van der Waals surface area contributed by atoms with Gasteiger partial charge in [-0.3, -0.25) is 9.59 Å². The Hall–Kier alpha value is -2.16. The van der Waals surface area contributed by atoms with Gasteiger partial charge >= 0.3 is 0 Å². The highest BCUT2D eigenvalue weighted by Gasteiger charge is 2.16. The van der Waals surface area contributed by atoms with Crippen molar-refractivity contribution in [1.82, 2.24) is 0 Å². The second-order valence-electron chi connectivity index (χ2n) is 4.46. The van der Waals surface area contributed by atoms with Gasteiger partial charge in [-0.15, -0.1) is 0 Å². The third-order valence-corrected chi connectivity index (χ3v) is 3.16. The van der Waals surface area contributed by atoms with Gasteiger partial charge in [-0.05, 0) is 25.0 Å². The molecule has 0 N–H and O–H groups in total. The van der Waals surface area contributed by atoms with E-state index in [2.05, 4.69) is 6.92 Å². The molecule has 0 radical (unpaired) electrons. The third-order valence-electron chi connectivity index (χ3n) is 3.16. The number of carbonyl (C=O) groups is 2. The first kappa shape index (κ1) is 13.3. The fourth-order valence-electron chi connectivity index (χ4n) is 1.94. The summed E-state index contributed by atoms with van der Waals surface area (Å²) in [5, 5.41) is 0. The number of rotatable bonds is 5. The third kappa shape index (κ3) is 2.99.